The van der Waals surface area contributed by atoms with Crippen LogP contribution in [-0.2, 0) is 9.59 Å². The van der Waals surface area contributed by atoms with E-state index in [4.69, 9.17) is 4.74 Å². The number of hydrogen-bond acceptors (Lipinski definition) is 4. The van der Waals surface area contributed by atoms with Gasteiger partial charge in [-0.15, -0.1) is 11.8 Å². The summed E-state index contributed by atoms with van der Waals surface area (Å²) >= 11 is 1.64. The van der Waals surface area contributed by atoms with E-state index < -0.39 is 6.10 Å². The highest BCUT2D eigenvalue weighted by Gasteiger charge is 2.22. The molecule has 0 saturated carbocycles. The number of hydrogen-bond donors (Lipinski definition) is 1. The van der Waals surface area contributed by atoms with Gasteiger partial charge in [0.25, 0.3) is 5.91 Å². The summed E-state index contributed by atoms with van der Waals surface area (Å²) in [5.41, 5.74) is -0.317. The number of benzene rings is 1. The number of carbonyl (C=O) groups is 2. The molecule has 0 unspecified atom stereocenters. The molecular formula is C17H26N2O3S. The van der Waals surface area contributed by atoms with Gasteiger partial charge in [-0.05, 0) is 58.2 Å². The molecule has 0 aliphatic rings. The molecule has 2 amide bonds. The van der Waals surface area contributed by atoms with E-state index in [0.29, 0.717) is 5.75 Å². The molecule has 0 heterocycles. The van der Waals surface area contributed by atoms with E-state index in [1.807, 2.05) is 51.3 Å². The normalized spacial score (nSPS) is 12.4. The Hall–Kier alpha value is -1.69. The fourth-order valence-corrected chi connectivity index (χ4v) is 2.38. The lowest BCUT2D eigenvalue weighted by Gasteiger charge is -2.25. The summed E-state index contributed by atoms with van der Waals surface area (Å²) in [7, 11) is 1.60. The molecule has 128 valence electrons. The van der Waals surface area contributed by atoms with Crippen molar-refractivity contribution in [1.82, 2.24) is 10.2 Å². The van der Waals surface area contributed by atoms with E-state index in [0.717, 1.165) is 4.90 Å². The van der Waals surface area contributed by atoms with Crippen molar-refractivity contribution >= 4 is 23.6 Å². The second-order valence-corrected chi connectivity index (χ2v) is 7.31. The summed E-state index contributed by atoms with van der Waals surface area (Å²) in [5, 5.41) is 2.83. The summed E-state index contributed by atoms with van der Waals surface area (Å²) in [6.07, 6.45) is 1.35. The lowest BCUT2D eigenvalue weighted by molar-refractivity contribution is -0.140. The number of rotatable bonds is 6. The first-order chi connectivity index (χ1) is 10.6. The number of amides is 2. The molecule has 0 aromatic heterocycles. The van der Waals surface area contributed by atoms with E-state index in [1.165, 1.54) is 4.90 Å². The molecule has 0 saturated heterocycles. The first-order valence-corrected chi connectivity index (χ1v) is 8.71. The lowest BCUT2D eigenvalue weighted by Crippen LogP contribution is -2.48. The molecule has 0 bridgehead atoms. The van der Waals surface area contributed by atoms with Crippen molar-refractivity contribution in [3.05, 3.63) is 24.3 Å². The highest BCUT2D eigenvalue weighted by molar-refractivity contribution is 7.98. The van der Waals surface area contributed by atoms with Gasteiger partial charge in [-0.3, -0.25) is 9.59 Å². The van der Waals surface area contributed by atoms with Crippen molar-refractivity contribution in [3.8, 4) is 5.75 Å². The van der Waals surface area contributed by atoms with Crippen molar-refractivity contribution in [1.29, 1.82) is 0 Å². The lowest BCUT2D eigenvalue weighted by atomic mass is 10.1. The van der Waals surface area contributed by atoms with Gasteiger partial charge in [0.15, 0.2) is 6.10 Å². The maximum Gasteiger partial charge on any atom is 0.263 e. The van der Waals surface area contributed by atoms with Crippen LogP contribution in [0.3, 0.4) is 0 Å². The molecule has 6 heteroatoms. The van der Waals surface area contributed by atoms with Gasteiger partial charge in [0, 0.05) is 17.5 Å². The minimum Gasteiger partial charge on any atom is -0.481 e. The zero-order valence-electron chi connectivity index (χ0n) is 14.7. The topological polar surface area (TPSA) is 58.6 Å². The number of ether oxygens (including phenoxy) is 1. The van der Waals surface area contributed by atoms with Crippen LogP contribution in [0, 0.1) is 0 Å². The van der Waals surface area contributed by atoms with Crippen molar-refractivity contribution in [2.45, 2.75) is 44.2 Å². The number of nitrogens with zero attached hydrogens (tertiary/aromatic N) is 1. The van der Waals surface area contributed by atoms with E-state index >= 15 is 0 Å². The second kappa shape index (κ2) is 8.24. The van der Waals surface area contributed by atoms with Crippen LogP contribution in [0.5, 0.6) is 5.75 Å². The Labute approximate surface area is 142 Å². The van der Waals surface area contributed by atoms with Crippen LogP contribution in [0.4, 0.5) is 0 Å². The predicted octanol–water partition coefficient (Wildman–Crippen LogP) is 2.55. The van der Waals surface area contributed by atoms with E-state index in [-0.39, 0.29) is 23.9 Å². The smallest absolute Gasteiger partial charge is 0.263 e. The summed E-state index contributed by atoms with van der Waals surface area (Å²) in [4.78, 5) is 26.7. The van der Waals surface area contributed by atoms with Crippen LogP contribution in [0.2, 0.25) is 0 Å². The van der Waals surface area contributed by atoms with Gasteiger partial charge in [0.05, 0.1) is 6.54 Å². The third-order valence-electron chi connectivity index (χ3n) is 2.99. The molecule has 1 atom stereocenters. The number of likely N-dealkylation sites (N-methyl/N-ethyl adjacent to an activating group) is 1. The second-order valence-electron chi connectivity index (χ2n) is 6.43. The molecule has 1 N–H and O–H groups in total. The van der Waals surface area contributed by atoms with Crippen molar-refractivity contribution < 1.29 is 14.3 Å². The predicted molar refractivity (Wildman–Crippen MR) is 93.8 cm³/mol. The quantitative estimate of drug-likeness (QED) is 0.810. The monoisotopic (exact) mass is 338 g/mol. The van der Waals surface area contributed by atoms with Crippen LogP contribution in [0.25, 0.3) is 0 Å². The molecule has 0 aliphatic heterocycles. The SMILES string of the molecule is CSc1ccc(O[C@H](C)C(=O)N(C)CC(=O)NC(C)(C)C)cc1. The first kappa shape index (κ1) is 19.4. The van der Waals surface area contributed by atoms with Crippen LogP contribution in [0.1, 0.15) is 27.7 Å². The Morgan fingerprint density at radius 3 is 2.30 bits per heavy atom. The van der Waals surface area contributed by atoms with E-state index in [1.54, 1.807) is 25.7 Å². The van der Waals surface area contributed by atoms with Crippen molar-refractivity contribution in [2.75, 3.05) is 19.8 Å². The van der Waals surface area contributed by atoms with Crippen LogP contribution < -0.4 is 10.1 Å². The van der Waals surface area contributed by atoms with Gasteiger partial charge in [-0.1, -0.05) is 0 Å². The van der Waals surface area contributed by atoms with Gasteiger partial charge < -0.3 is 15.0 Å². The molecule has 1 aromatic carbocycles. The Balaban J connectivity index is 2.55. The Kier molecular flexibility index (Phi) is 6.94. The summed E-state index contributed by atoms with van der Waals surface area (Å²) in [5.74, 6) is 0.212. The maximum absolute atomic E-state index is 12.3. The van der Waals surface area contributed by atoms with Gasteiger partial charge in [0.1, 0.15) is 5.75 Å². The molecule has 0 radical (unpaired) electrons. The fourth-order valence-electron chi connectivity index (χ4n) is 1.97. The highest BCUT2D eigenvalue weighted by atomic mass is 32.2. The minimum atomic E-state index is -0.650. The van der Waals surface area contributed by atoms with Gasteiger partial charge in [-0.2, -0.15) is 0 Å². The molecule has 0 spiro atoms. The van der Waals surface area contributed by atoms with Crippen molar-refractivity contribution in [3.63, 3.8) is 0 Å². The Bertz CT molecular complexity index is 538. The number of carbonyl (C=O) groups excluding carboxylic acids is 2. The van der Waals surface area contributed by atoms with E-state index in [2.05, 4.69) is 5.32 Å². The Morgan fingerprint density at radius 2 is 1.83 bits per heavy atom. The average molecular weight is 338 g/mol. The number of thioether (sulfide) groups is 1. The van der Waals surface area contributed by atoms with Crippen molar-refractivity contribution in [2.24, 2.45) is 0 Å². The maximum atomic E-state index is 12.3. The third-order valence-corrected chi connectivity index (χ3v) is 3.74. The zero-order chi connectivity index (χ0) is 17.6. The van der Waals surface area contributed by atoms with Crippen LogP contribution in [0.15, 0.2) is 29.2 Å². The minimum absolute atomic E-state index is 0.00914. The van der Waals surface area contributed by atoms with Gasteiger partial charge in [-0.25, -0.2) is 0 Å². The number of nitrogens with one attached hydrogen (secondary N) is 1. The molecule has 23 heavy (non-hydrogen) atoms. The Morgan fingerprint density at radius 1 is 1.26 bits per heavy atom. The molecule has 0 fully saturated rings. The molecule has 5 nitrogen and oxygen atoms in total. The zero-order valence-corrected chi connectivity index (χ0v) is 15.5. The summed E-state index contributed by atoms with van der Waals surface area (Å²) in [6, 6.07) is 7.55. The summed E-state index contributed by atoms with van der Waals surface area (Å²) in [6.45, 7) is 7.39. The van der Waals surface area contributed by atoms with Crippen LogP contribution in [-0.4, -0.2) is 48.2 Å². The van der Waals surface area contributed by atoms with Gasteiger partial charge >= 0.3 is 0 Å². The first-order valence-electron chi connectivity index (χ1n) is 7.49. The highest BCUT2D eigenvalue weighted by Crippen LogP contribution is 2.20. The van der Waals surface area contributed by atoms with E-state index in [9.17, 15) is 9.59 Å². The summed E-state index contributed by atoms with van der Waals surface area (Å²) < 4.78 is 5.65. The van der Waals surface area contributed by atoms with Crippen LogP contribution >= 0.6 is 11.8 Å². The third kappa shape index (κ3) is 6.95. The largest absolute Gasteiger partial charge is 0.481 e. The molecule has 1 aromatic rings. The average Bonchev–Trinajstić information content (AvgIpc) is 2.45. The molecule has 0 aliphatic carbocycles. The fraction of sp³-hybridized carbons (Fsp3) is 0.529. The molecular weight excluding hydrogens is 312 g/mol. The standard InChI is InChI=1S/C17H26N2O3S/c1-12(22-13-7-9-14(23-6)10-8-13)16(21)19(5)11-15(20)18-17(2,3)4/h7-10,12H,11H2,1-6H3,(H,18,20)/t12-/m1/s1. The molecule has 1 rings (SSSR count). The van der Waals surface area contributed by atoms with Gasteiger partial charge in [0.2, 0.25) is 5.91 Å².